The molecule has 0 atom stereocenters. The van der Waals surface area contributed by atoms with Crippen LogP contribution in [0.3, 0.4) is 0 Å². The lowest BCUT2D eigenvalue weighted by molar-refractivity contribution is 0.198. The van der Waals surface area contributed by atoms with Gasteiger partial charge in [0.25, 0.3) is 0 Å². The van der Waals surface area contributed by atoms with Crippen LogP contribution in [-0.4, -0.2) is 41.0 Å². The van der Waals surface area contributed by atoms with Gasteiger partial charge < -0.3 is 15.2 Å². The Morgan fingerprint density at radius 2 is 2.11 bits per heavy atom. The number of nitrogens with zero attached hydrogens (tertiary/aromatic N) is 2. The largest absolute Gasteiger partial charge is 0.356 e. The van der Waals surface area contributed by atoms with Crippen LogP contribution in [-0.2, 0) is 0 Å². The predicted octanol–water partition coefficient (Wildman–Crippen LogP) is 2.71. The molecule has 1 aliphatic rings. The molecule has 2 heterocycles. The van der Waals surface area contributed by atoms with Gasteiger partial charge >= 0.3 is 0 Å². The highest BCUT2D eigenvalue weighted by Gasteiger charge is 2.17. The topological polar surface area (TPSA) is 44.0 Å². The lowest BCUT2D eigenvalue weighted by Crippen LogP contribution is -2.35. The number of nitrogens with one attached hydrogen (secondary N) is 2. The van der Waals surface area contributed by atoms with E-state index >= 15 is 0 Å². The number of hydrogen-bond donors (Lipinski definition) is 2. The summed E-state index contributed by atoms with van der Waals surface area (Å²) in [6.45, 7) is 6.93. The van der Waals surface area contributed by atoms with Gasteiger partial charge in [-0.15, -0.1) is 0 Å². The maximum atomic E-state index is 4.55. The highest BCUT2D eigenvalue weighted by molar-refractivity contribution is 5.77. The van der Waals surface area contributed by atoms with Crippen molar-refractivity contribution in [1.29, 1.82) is 0 Å². The molecule has 0 bridgehead atoms. The Bertz CT molecular complexity index is 493. The van der Waals surface area contributed by atoms with Crippen molar-refractivity contribution in [3.8, 4) is 0 Å². The first-order chi connectivity index (χ1) is 9.35. The molecule has 0 spiro atoms. The fraction of sp³-hybridized carbons (Fsp3) is 0.533. The number of H-pyrrole nitrogens is 1. The van der Waals surface area contributed by atoms with E-state index in [4.69, 9.17) is 0 Å². The number of rotatable bonds is 4. The molecule has 0 unspecified atom stereocenters. The van der Waals surface area contributed by atoms with E-state index in [0.29, 0.717) is 0 Å². The molecule has 19 heavy (non-hydrogen) atoms. The Hall–Kier alpha value is -1.55. The van der Waals surface area contributed by atoms with E-state index in [1.54, 1.807) is 0 Å². The monoisotopic (exact) mass is 258 g/mol. The Morgan fingerprint density at radius 1 is 1.32 bits per heavy atom. The molecule has 1 aromatic heterocycles. The molecule has 1 saturated heterocycles. The third-order valence-electron chi connectivity index (χ3n) is 4.10. The summed E-state index contributed by atoms with van der Waals surface area (Å²) in [5.41, 5.74) is 2.14. The number of fused-ring (bicyclic) bond motifs is 1. The van der Waals surface area contributed by atoms with Gasteiger partial charge in [-0.2, -0.15) is 0 Å². The predicted molar refractivity (Wildman–Crippen MR) is 79.4 cm³/mol. The molecule has 4 nitrogen and oxygen atoms in total. The number of hydrogen-bond acceptors (Lipinski definition) is 3. The van der Waals surface area contributed by atoms with Crippen molar-refractivity contribution in [2.45, 2.75) is 19.8 Å². The maximum absolute atomic E-state index is 4.55. The lowest BCUT2D eigenvalue weighted by atomic mass is 9.97. The molecule has 0 radical (unpaired) electrons. The summed E-state index contributed by atoms with van der Waals surface area (Å²) < 4.78 is 0. The fourth-order valence-corrected chi connectivity index (χ4v) is 2.78. The third-order valence-corrected chi connectivity index (χ3v) is 4.10. The molecular weight excluding hydrogens is 236 g/mol. The van der Waals surface area contributed by atoms with E-state index in [9.17, 15) is 0 Å². The zero-order chi connectivity index (χ0) is 13.1. The van der Waals surface area contributed by atoms with Crippen molar-refractivity contribution in [1.82, 2.24) is 14.9 Å². The number of aromatic amines is 1. The molecule has 0 aliphatic carbocycles. The van der Waals surface area contributed by atoms with Crippen LogP contribution in [0.4, 0.5) is 5.95 Å². The van der Waals surface area contributed by atoms with Crippen LogP contribution < -0.4 is 5.32 Å². The SMILES string of the molecule is CCN1CCC(CNc2nc3ccccc3[nH]2)CC1. The number of anilines is 1. The van der Waals surface area contributed by atoms with Gasteiger partial charge in [0.1, 0.15) is 0 Å². The number of benzene rings is 1. The van der Waals surface area contributed by atoms with Crippen molar-refractivity contribution in [2.24, 2.45) is 5.92 Å². The van der Waals surface area contributed by atoms with Gasteiger partial charge in [0.15, 0.2) is 0 Å². The molecule has 102 valence electrons. The van der Waals surface area contributed by atoms with Crippen molar-refractivity contribution in [2.75, 3.05) is 31.5 Å². The van der Waals surface area contributed by atoms with Crippen LogP contribution in [0.25, 0.3) is 11.0 Å². The molecule has 2 aromatic rings. The second kappa shape index (κ2) is 5.61. The summed E-state index contributed by atoms with van der Waals surface area (Å²) in [5.74, 6) is 1.68. The summed E-state index contributed by atoms with van der Waals surface area (Å²) in [5, 5.41) is 3.45. The average Bonchev–Trinajstić information content (AvgIpc) is 2.88. The van der Waals surface area contributed by atoms with E-state index < -0.39 is 0 Å². The first kappa shape index (κ1) is 12.5. The Labute approximate surface area is 114 Å². The zero-order valence-corrected chi connectivity index (χ0v) is 11.5. The van der Waals surface area contributed by atoms with Gasteiger partial charge in [0.2, 0.25) is 5.95 Å². The van der Waals surface area contributed by atoms with Crippen LogP contribution >= 0.6 is 0 Å². The molecule has 0 saturated carbocycles. The van der Waals surface area contributed by atoms with Crippen LogP contribution in [0.1, 0.15) is 19.8 Å². The van der Waals surface area contributed by atoms with E-state index in [1.807, 2.05) is 18.2 Å². The summed E-state index contributed by atoms with van der Waals surface area (Å²) in [7, 11) is 0. The molecule has 2 N–H and O–H groups in total. The Balaban J connectivity index is 1.55. The quantitative estimate of drug-likeness (QED) is 0.886. The number of likely N-dealkylation sites (tertiary alicyclic amines) is 1. The lowest BCUT2D eigenvalue weighted by Gasteiger charge is -2.30. The van der Waals surface area contributed by atoms with Crippen molar-refractivity contribution < 1.29 is 0 Å². The first-order valence-corrected chi connectivity index (χ1v) is 7.26. The summed E-state index contributed by atoms with van der Waals surface area (Å²) >= 11 is 0. The second-order valence-corrected chi connectivity index (χ2v) is 5.36. The molecule has 1 aliphatic heterocycles. The summed E-state index contributed by atoms with van der Waals surface area (Å²) in [4.78, 5) is 10.4. The van der Waals surface area contributed by atoms with Gasteiger partial charge in [-0.3, -0.25) is 0 Å². The molecule has 1 aromatic carbocycles. The smallest absolute Gasteiger partial charge is 0.201 e. The highest BCUT2D eigenvalue weighted by Crippen LogP contribution is 2.18. The minimum absolute atomic E-state index is 0.774. The standard InChI is InChI=1S/C15H22N4/c1-2-19-9-7-12(8-10-19)11-16-15-17-13-5-3-4-6-14(13)18-15/h3-6,12H,2,7-11H2,1H3,(H2,16,17,18). The van der Waals surface area contributed by atoms with Crippen LogP contribution in [0, 0.1) is 5.92 Å². The number of piperidine rings is 1. The zero-order valence-electron chi connectivity index (χ0n) is 11.5. The molecule has 4 heteroatoms. The van der Waals surface area contributed by atoms with Crippen LogP contribution in [0.5, 0.6) is 0 Å². The van der Waals surface area contributed by atoms with E-state index in [0.717, 1.165) is 29.4 Å². The van der Waals surface area contributed by atoms with Gasteiger partial charge in [-0.05, 0) is 50.5 Å². The van der Waals surface area contributed by atoms with E-state index in [-0.39, 0.29) is 0 Å². The second-order valence-electron chi connectivity index (χ2n) is 5.36. The third kappa shape index (κ3) is 2.89. The van der Waals surface area contributed by atoms with E-state index in [2.05, 4.69) is 33.2 Å². The van der Waals surface area contributed by atoms with Crippen molar-refractivity contribution >= 4 is 17.0 Å². The minimum Gasteiger partial charge on any atom is -0.356 e. The van der Waals surface area contributed by atoms with Crippen molar-refractivity contribution in [3.05, 3.63) is 24.3 Å². The molecule has 0 amide bonds. The van der Waals surface area contributed by atoms with Gasteiger partial charge in [-0.1, -0.05) is 19.1 Å². The van der Waals surface area contributed by atoms with Crippen molar-refractivity contribution in [3.63, 3.8) is 0 Å². The maximum Gasteiger partial charge on any atom is 0.201 e. The molecule has 3 rings (SSSR count). The average molecular weight is 258 g/mol. The van der Waals surface area contributed by atoms with Crippen LogP contribution in [0.2, 0.25) is 0 Å². The molecule has 1 fully saturated rings. The van der Waals surface area contributed by atoms with Crippen LogP contribution in [0.15, 0.2) is 24.3 Å². The number of para-hydroxylation sites is 2. The summed E-state index contributed by atoms with van der Waals surface area (Å²) in [6.07, 6.45) is 2.59. The van der Waals surface area contributed by atoms with Gasteiger partial charge in [0.05, 0.1) is 11.0 Å². The first-order valence-electron chi connectivity index (χ1n) is 7.26. The number of imidazole rings is 1. The minimum atomic E-state index is 0.774. The molecular formula is C15H22N4. The Morgan fingerprint density at radius 3 is 2.84 bits per heavy atom. The highest BCUT2D eigenvalue weighted by atomic mass is 15.1. The number of aromatic nitrogens is 2. The fourth-order valence-electron chi connectivity index (χ4n) is 2.78. The van der Waals surface area contributed by atoms with Gasteiger partial charge in [0, 0.05) is 6.54 Å². The normalized spacial score (nSPS) is 17.9. The Kier molecular flexibility index (Phi) is 3.69. The van der Waals surface area contributed by atoms with Gasteiger partial charge in [-0.25, -0.2) is 4.98 Å². The van der Waals surface area contributed by atoms with E-state index in [1.165, 1.54) is 32.5 Å². The summed E-state index contributed by atoms with van der Waals surface area (Å²) in [6, 6.07) is 8.15.